The van der Waals surface area contributed by atoms with Gasteiger partial charge >= 0.3 is 0 Å². The van der Waals surface area contributed by atoms with Crippen molar-refractivity contribution in [3.8, 4) is 11.6 Å². The largest absolute Gasteiger partial charge is 0.438 e. The molecular formula is C14H15BrN2O. The molecule has 0 aliphatic rings. The average molecular weight is 307 g/mol. The first-order valence-electron chi connectivity index (χ1n) is 5.72. The molecule has 1 heterocycles. The van der Waals surface area contributed by atoms with Gasteiger partial charge in [0.25, 0.3) is 0 Å². The molecule has 0 fully saturated rings. The van der Waals surface area contributed by atoms with Gasteiger partial charge in [-0.25, -0.2) is 4.98 Å². The number of aromatic nitrogens is 1. The smallest absolute Gasteiger partial charge is 0.223 e. The first-order valence-corrected chi connectivity index (χ1v) is 6.51. The van der Waals surface area contributed by atoms with Gasteiger partial charge in [0.05, 0.1) is 0 Å². The van der Waals surface area contributed by atoms with Gasteiger partial charge in [-0.1, -0.05) is 22.0 Å². The summed E-state index contributed by atoms with van der Waals surface area (Å²) in [5.41, 5.74) is 7.85. The minimum atomic E-state index is -0.107. The number of halogens is 1. The van der Waals surface area contributed by atoms with Crippen molar-refractivity contribution in [2.24, 2.45) is 5.73 Å². The van der Waals surface area contributed by atoms with E-state index in [9.17, 15) is 0 Å². The molecule has 94 valence electrons. The van der Waals surface area contributed by atoms with Gasteiger partial charge in [0, 0.05) is 22.3 Å². The molecule has 0 saturated carbocycles. The zero-order valence-electron chi connectivity index (χ0n) is 10.4. The van der Waals surface area contributed by atoms with Crippen LogP contribution in [0, 0.1) is 6.92 Å². The van der Waals surface area contributed by atoms with E-state index in [1.54, 1.807) is 6.20 Å². The average Bonchev–Trinajstić information content (AvgIpc) is 2.33. The van der Waals surface area contributed by atoms with Gasteiger partial charge in [0.2, 0.25) is 5.88 Å². The molecule has 2 rings (SSSR count). The summed E-state index contributed by atoms with van der Waals surface area (Å²) in [6, 6.07) is 9.55. The standard InChI is InChI=1S/C14H15BrN2O/c1-9-8-11(15)5-6-13(9)18-14-12(10(2)16)4-3-7-17-14/h3-8,10H,16H2,1-2H3. The summed E-state index contributed by atoms with van der Waals surface area (Å²) in [6.07, 6.45) is 1.70. The van der Waals surface area contributed by atoms with Crippen LogP contribution in [0.1, 0.15) is 24.1 Å². The predicted molar refractivity (Wildman–Crippen MR) is 75.8 cm³/mol. The topological polar surface area (TPSA) is 48.1 Å². The molecule has 2 aromatic rings. The van der Waals surface area contributed by atoms with Crippen LogP contribution < -0.4 is 10.5 Å². The van der Waals surface area contributed by atoms with Crippen LogP contribution in [-0.4, -0.2) is 4.98 Å². The van der Waals surface area contributed by atoms with Gasteiger partial charge in [0.15, 0.2) is 0 Å². The van der Waals surface area contributed by atoms with Crippen molar-refractivity contribution in [3.63, 3.8) is 0 Å². The Morgan fingerprint density at radius 2 is 2.11 bits per heavy atom. The summed E-state index contributed by atoms with van der Waals surface area (Å²) in [7, 11) is 0. The highest BCUT2D eigenvalue weighted by Crippen LogP contribution is 2.29. The van der Waals surface area contributed by atoms with E-state index in [1.165, 1.54) is 0 Å². The third-order valence-electron chi connectivity index (χ3n) is 2.63. The molecule has 0 aliphatic carbocycles. The maximum atomic E-state index is 5.90. The number of hydrogen-bond acceptors (Lipinski definition) is 3. The molecule has 0 saturated heterocycles. The summed E-state index contributed by atoms with van der Waals surface area (Å²) >= 11 is 3.43. The third-order valence-corrected chi connectivity index (χ3v) is 3.13. The van der Waals surface area contributed by atoms with Crippen molar-refractivity contribution < 1.29 is 4.74 Å². The molecule has 0 spiro atoms. The maximum Gasteiger partial charge on any atom is 0.223 e. The zero-order chi connectivity index (χ0) is 13.1. The van der Waals surface area contributed by atoms with Gasteiger partial charge in [-0.2, -0.15) is 0 Å². The van der Waals surface area contributed by atoms with E-state index in [4.69, 9.17) is 10.5 Å². The van der Waals surface area contributed by atoms with E-state index < -0.39 is 0 Å². The summed E-state index contributed by atoms with van der Waals surface area (Å²) < 4.78 is 6.87. The fraction of sp³-hybridized carbons (Fsp3) is 0.214. The summed E-state index contributed by atoms with van der Waals surface area (Å²) in [5, 5.41) is 0. The first kappa shape index (κ1) is 13.1. The SMILES string of the molecule is Cc1cc(Br)ccc1Oc1ncccc1C(C)N. The normalized spacial score (nSPS) is 12.2. The second kappa shape index (κ2) is 5.50. The Hall–Kier alpha value is -1.39. The Kier molecular flexibility index (Phi) is 3.99. The van der Waals surface area contributed by atoms with Crippen LogP contribution in [0.25, 0.3) is 0 Å². The van der Waals surface area contributed by atoms with Crippen molar-refractivity contribution in [1.82, 2.24) is 4.98 Å². The number of rotatable bonds is 3. The third kappa shape index (κ3) is 2.89. The Balaban J connectivity index is 2.34. The maximum absolute atomic E-state index is 5.90. The summed E-state index contributed by atoms with van der Waals surface area (Å²) in [5.74, 6) is 1.36. The fourth-order valence-corrected chi connectivity index (χ4v) is 2.14. The molecule has 18 heavy (non-hydrogen) atoms. The lowest BCUT2D eigenvalue weighted by Gasteiger charge is -2.13. The fourth-order valence-electron chi connectivity index (χ4n) is 1.67. The Bertz CT molecular complexity index is 555. The number of hydrogen-bond donors (Lipinski definition) is 1. The monoisotopic (exact) mass is 306 g/mol. The van der Waals surface area contributed by atoms with Crippen molar-refractivity contribution >= 4 is 15.9 Å². The van der Waals surface area contributed by atoms with E-state index in [0.717, 1.165) is 21.3 Å². The Labute approximate surface area is 115 Å². The summed E-state index contributed by atoms with van der Waals surface area (Å²) in [4.78, 5) is 4.24. The van der Waals surface area contributed by atoms with E-state index in [2.05, 4.69) is 20.9 Å². The van der Waals surface area contributed by atoms with Crippen molar-refractivity contribution in [3.05, 3.63) is 52.1 Å². The molecule has 0 aliphatic heterocycles. The number of aryl methyl sites for hydroxylation is 1. The number of nitrogens with two attached hydrogens (primary N) is 1. The molecule has 2 N–H and O–H groups in total. The van der Waals surface area contributed by atoms with Crippen LogP contribution >= 0.6 is 15.9 Å². The van der Waals surface area contributed by atoms with Gasteiger partial charge in [-0.3, -0.25) is 0 Å². The van der Waals surface area contributed by atoms with Crippen LogP contribution in [0.5, 0.6) is 11.6 Å². The van der Waals surface area contributed by atoms with E-state index in [-0.39, 0.29) is 6.04 Å². The van der Waals surface area contributed by atoms with Crippen LogP contribution in [0.3, 0.4) is 0 Å². The van der Waals surface area contributed by atoms with Crippen molar-refractivity contribution in [1.29, 1.82) is 0 Å². The predicted octanol–water partition coefficient (Wildman–Crippen LogP) is 3.96. The van der Waals surface area contributed by atoms with Gasteiger partial charge in [-0.05, 0) is 43.7 Å². The van der Waals surface area contributed by atoms with E-state index >= 15 is 0 Å². The number of ether oxygens (including phenoxy) is 1. The molecule has 4 heteroatoms. The quantitative estimate of drug-likeness (QED) is 0.933. The minimum Gasteiger partial charge on any atom is -0.438 e. The van der Waals surface area contributed by atoms with E-state index in [1.807, 2.05) is 44.2 Å². The molecule has 1 unspecified atom stereocenters. The second-order valence-electron chi connectivity index (χ2n) is 4.20. The number of nitrogens with zero attached hydrogens (tertiary/aromatic N) is 1. The molecular weight excluding hydrogens is 292 g/mol. The molecule has 0 radical (unpaired) electrons. The van der Waals surface area contributed by atoms with Gasteiger partial charge in [0.1, 0.15) is 5.75 Å². The van der Waals surface area contributed by atoms with E-state index in [0.29, 0.717) is 5.88 Å². The Morgan fingerprint density at radius 1 is 1.33 bits per heavy atom. The minimum absolute atomic E-state index is 0.107. The van der Waals surface area contributed by atoms with Gasteiger partial charge < -0.3 is 10.5 Å². The lowest BCUT2D eigenvalue weighted by atomic mass is 10.1. The number of benzene rings is 1. The Morgan fingerprint density at radius 3 is 2.78 bits per heavy atom. The highest BCUT2D eigenvalue weighted by Gasteiger charge is 2.10. The second-order valence-corrected chi connectivity index (χ2v) is 5.11. The molecule has 3 nitrogen and oxygen atoms in total. The molecule has 1 atom stereocenters. The van der Waals surface area contributed by atoms with Crippen LogP contribution in [0.15, 0.2) is 41.0 Å². The molecule has 0 bridgehead atoms. The highest BCUT2D eigenvalue weighted by atomic mass is 79.9. The van der Waals surface area contributed by atoms with Crippen molar-refractivity contribution in [2.75, 3.05) is 0 Å². The lowest BCUT2D eigenvalue weighted by molar-refractivity contribution is 0.449. The molecule has 0 amide bonds. The summed E-state index contributed by atoms with van der Waals surface area (Å²) in [6.45, 7) is 3.91. The number of pyridine rings is 1. The molecule has 1 aromatic carbocycles. The van der Waals surface area contributed by atoms with Crippen molar-refractivity contribution in [2.45, 2.75) is 19.9 Å². The van der Waals surface area contributed by atoms with Gasteiger partial charge in [-0.15, -0.1) is 0 Å². The first-order chi connectivity index (χ1) is 8.58. The van der Waals surface area contributed by atoms with Crippen LogP contribution in [0.4, 0.5) is 0 Å². The zero-order valence-corrected chi connectivity index (χ0v) is 11.9. The van der Waals surface area contributed by atoms with Crippen LogP contribution in [0.2, 0.25) is 0 Å². The van der Waals surface area contributed by atoms with Crippen LogP contribution in [-0.2, 0) is 0 Å². The highest BCUT2D eigenvalue weighted by molar-refractivity contribution is 9.10. The molecule has 1 aromatic heterocycles. The lowest BCUT2D eigenvalue weighted by Crippen LogP contribution is -2.07.